The van der Waals surface area contributed by atoms with Gasteiger partial charge in [0.1, 0.15) is 11.8 Å². The Hall–Kier alpha value is -1.69. The van der Waals surface area contributed by atoms with Crippen LogP contribution < -0.4 is 5.32 Å². The lowest BCUT2D eigenvalue weighted by Gasteiger charge is -2.17. The third-order valence-electron chi connectivity index (χ3n) is 2.46. The van der Waals surface area contributed by atoms with Gasteiger partial charge in [0, 0.05) is 4.90 Å². The van der Waals surface area contributed by atoms with Crippen molar-refractivity contribution in [1.29, 1.82) is 0 Å². The summed E-state index contributed by atoms with van der Waals surface area (Å²) in [5, 5.41) is 20.6. The fourth-order valence-corrected chi connectivity index (χ4v) is 2.13. The maximum absolute atomic E-state index is 11.7. The first-order valence-electron chi connectivity index (χ1n) is 5.84. The van der Waals surface area contributed by atoms with Crippen LogP contribution in [0.4, 0.5) is 0 Å². The molecule has 0 aromatic heterocycles. The van der Waals surface area contributed by atoms with Gasteiger partial charge in [0.25, 0.3) is 0 Å². The van der Waals surface area contributed by atoms with E-state index in [9.17, 15) is 9.59 Å². The van der Waals surface area contributed by atoms with E-state index < -0.39 is 12.0 Å². The SMILES string of the molecule is CC(C)[C@@H](NC(=O)CSc1ccc(O)cc1)C(=O)O. The second-order valence-corrected chi connectivity index (χ2v) is 5.46. The second-order valence-electron chi connectivity index (χ2n) is 4.41. The first-order chi connectivity index (χ1) is 8.90. The van der Waals surface area contributed by atoms with E-state index in [2.05, 4.69) is 5.32 Å². The zero-order chi connectivity index (χ0) is 14.4. The average Bonchev–Trinajstić information content (AvgIpc) is 2.34. The van der Waals surface area contributed by atoms with Crippen LogP contribution in [0.1, 0.15) is 13.8 Å². The van der Waals surface area contributed by atoms with Crippen LogP contribution >= 0.6 is 11.8 Å². The van der Waals surface area contributed by atoms with Gasteiger partial charge in [-0.1, -0.05) is 13.8 Å². The van der Waals surface area contributed by atoms with Gasteiger partial charge >= 0.3 is 5.97 Å². The van der Waals surface area contributed by atoms with Gasteiger partial charge in [0.05, 0.1) is 5.75 Å². The van der Waals surface area contributed by atoms with Crippen molar-refractivity contribution in [3.63, 3.8) is 0 Å². The minimum Gasteiger partial charge on any atom is -0.508 e. The van der Waals surface area contributed by atoms with Gasteiger partial charge in [-0.25, -0.2) is 4.79 Å². The first-order valence-corrected chi connectivity index (χ1v) is 6.82. The number of phenolic OH excluding ortho intramolecular Hbond substituents is 1. The Morgan fingerprint density at radius 3 is 2.32 bits per heavy atom. The summed E-state index contributed by atoms with van der Waals surface area (Å²) in [5.41, 5.74) is 0. The highest BCUT2D eigenvalue weighted by Gasteiger charge is 2.23. The van der Waals surface area contributed by atoms with E-state index in [1.165, 1.54) is 23.9 Å². The number of rotatable bonds is 6. The van der Waals surface area contributed by atoms with Crippen molar-refractivity contribution in [3.05, 3.63) is 24.3 Å². The molecule has 1 rings (SSSR count). The van der Waals surface area contributed by atoms with Crippen LogP contribution in [0.2, 0.25) is 0 Å². The summed E-state index contributed by atoms with van der Waals surface area (Å²) in [7, 11) is 0. The van der Waals surface area contributed by atoms with Crippen molar-refractivity contribution < 1.29 is 19.8 Å². The third-order valence-corrected chi connectivity index (χ3v) is 3.47. The number of thioether (sulfide) groups is 1. The van der Waals surface area contributed by atoms with E-state index in [1.54, 1.807) is 26.0 Å². The molecule has 0 saturated heterocycles. The molecule has 1 atom stereocenters. The topological polar surface area (TPSA) is 86.6 Å². The Morgan fingerprint density at radius 2 is 1.84 bits per heavy atom. The van der Waals surface area contributed by atoms with Crippen molar-refractivity contribution in [2.75, 3.05) is 5.75 Å². The summed E-state index contributed by atoms with van der Waals surface area (Å²) in [5.74, 6) is -1.21. The van der Waals surface area contributed by atoms with E-state index in [-0.39, 0.29) is 23.3 Å². The molecule has 5 nitrogen and oxygen atoms in total. The van der Waals surface area contributed by atoms with E-state index in [0.717, 1.165) is 4.90 Å². The fraction of sp³-hybridized carbons (Fsp3) is 0.385. The van der Waals surface area contributed by atoms with Gasteiger partial charge in [-0.3, -0.25) is 4.79 Å². The monoisotopic (exact) mass is 283 g/mol. The number of carbonyl (C=O) groups is 2. The number of carboxylic acids is 1. The molecule has 0 bridgehead atoms. The molecule has 19 heavy (non-hydrogen) atoms. The molecule has 104 valence electrons. The maximum Gasteiger partial charge on any atom is 0.326 e. The van der Waals surface area contributed by atoms with E-state index in [0.29, 0.717) is 0 Å². The molecule has 1 amide bonds. The Balaban J connectivity index is 2.47. The van der Waals surface area contributed by atoms with E-state index in [1.807, 2.05) is 0 Å². The molecule has 0 aliphatic rings. The van der Waals surface area contributed by atoms with Crippen LogP contribution in [0.15, 0.2) is 29.2 Å². The molecule has 6 heteroatoms. The predicted molar refractivity (Wildman–Crippen MR) is 73.2 cm³/mol. The number of phenols is 1. The standard InChI is InChI=1S/C13H17NO4S/c1-8(2)12(13(17)18)14-11(16)7-19-10-5-3-9(15)4-6-10/h3-6,8,12,15H,7H2,1-2H3,(H,14,16)(H,17,18)/t12-/m1/s1. The number of hydrogen-bond donors (Lipinski definition) is 3. The van der Waals surface area contributed by atoms with Gasteiger partial charge in [-0.05, 0) is 30.2 Å². The van der Waals surface area contributed by atoms with Crippen molar-refractivity contribution in [2.45, 2.75) is 24.8 Å². The third kappa shape index (κ3) is 5.21. The van der Waals surface area contributed by atoms with Crippen molar-refractivity contribution in [3.8, 4) is 5.75 Å². The van der Waals surface area contributed by atoms with E-state index >= 15 is 0 Å². The van der Waals surface area contributed by atoms with Crippen LogP contribution in [-0.4, -0.2) is 33.9 Å². The highest BCUT2D eigenvalue weighted by atomic mass is 32.2. The molecule has 0 unspecified atom stereocenters. The predicted octanol–water partition coefficient (Wildman–Crippen LogP) is 1.71. The molecule has 0 saturated carbocycles. The number of carboxylic acid groups (broad SMARTS) is 1. The highest BCUT2D eigenvalue weighted by Crippen LogP contribution is 2.20. The van der Waals surface area contributed by atoms with Crippen LogP contribution in [0, 0.1) is 5.92 Å². The Kier molecular flexibility index (Phi) is 5.69. The lowest BCUT2D eigenvalue weighted by molar-refractivity contribution is -0.142. The second kappa shape index (κ2) is 7.04. The zero-order valence-corrected chi connectivity index (χ0v) is 11.6. The lowest BCUT2D eigenvalue weighted by atomic mass is 10.1. The van der Waals surface area contributed by atoms with Gasteiger partial charge in [-0.15, -0.1) is 11.8 Å². The molecule has 0 aliphatic heterocycles. The molecule has 0 radical (unpaired) electrons. The quantitative estimate of drug-likeness (QED) is 0.692. The molecule has 1 aromatic carbocycles. The van der Waals surface area contributed by atoms with Crippen LogP contribution in [-0.2, 0) is 9.59 Å². The van der Waals surface area contributed by atoms with Crippen molar-refractivity contribution >= 4 is 23.6 Å². The number of aromatic hydroxyl groups is 1. The molecule has 0 heterocycles. The minimum absolute atomic E-state index is 0.140. The number of nitrogens with one attached hydrogen (secondary N) is 1. The smallest absolute Gasteiger partial charge is 0.326 e. The molecular weight excluding hydrogens is 266 g/mol. The van der Waals surface area contributed by atoms with Crippen LogP contribution in [0.3, 0.4) is 0 Å². The zero-order valence-electron chi connectivity index (χ0n) is 10.8. The van der Waals surface area contributed by atoms with Crippen molar-refractivity contribution in [2.24, 2.45) is 5.92 Å². The maximum atomic E-state index is 11.7. The summed E-state index contributed by atoms with van der Waals surface area (Å²) in [6.07, 6.45) is 0. The summed E-state index contributed by atoms with van der Waals surface area (Å²) in [4.78, 5) is 23.4. The molecule has 0 aliphatic carbocycles. The summed E-state index contributed by atoms with van der Waals surface area (Å²) < 4.78 is 0. The number of benzene rings is 1. The molecular formula is C13H17NO4S. The summed E-state index contributed by atoms with van der Waals surface area (Å²) in [6, 6.07) is 5.60. The molecule has 1 aromatic rings. The van der Waals surface area contributed by atoms with Gasteiger partial charge in [-0.2, -0.15) is 0 Å². The summed E-state index contributed by atoms with van der Waals surface area (Å²) in [6.45, 7) is 3.48. The Morgan fingerprint density at radius 1 is 1.26 bits per heavy atom. The fourth-order valence-electron chi connectivity index (χ4n) is 1.42. The molecule has 0 spiro atoms. The first kappa shape index (κ1) is 15.4. The van der Waals surface area contributed by atoms with Gasteiger partial charge < -0.3 is 15.5 Å². The average molecular weight is 283 g/mol. The number of hydrogen-bond acceptors (Lipinski definition) is 4. The lowest BCUT2D eigenvalue weighted by Crippen LogP contribution is -2.45. The summed E-state index contributed by atoms with van der Waals surface area (Å²) >= 11 is 1.29. The number of aliphatic carboxylic acids is 1. The van der Waals surface area contributed by atoms with Crippen LogP contribution in [0.5, 0.6) is 5.75 Å². The molecule has 0 fully saturated rings. The Labute approximate surface area is 116 Å². The molecule has 3 N–H and O–H groups in total. The van der Waals surface area contributed by atoms with Crippen molar-refractivity contribution in [1.82, 2.24) is 5.32 Å². The minimum atomic E-state index is -1.03. The largest absolute Gasteiger partial charge is 0.508 e. The van der Waals surface area contributed by atoms with Crippen LogP contribution in [0.25, 0.3) is 0 Å². The highest BCUT2D eigenvalue weighted by molar-refractivity contribution is 8.00. The normalized spacial score (nSPS) is 12.2. The van der Waals surface area contributed by atoms with Gasteiger partial charge in [0.2, 0.25) is 5.91 Å². The number of carbonyl (C=O) groups excluding carboxylic acids is 1. The van der Waals surface area contributed by atoms with Gasteiger partial charge in [0.15, 0.2) is 0 Å². The Bertz CT molecular complexity index is 444. The van der Waals surface area contributed by atoms with E-state index in [4.69, 9.17) is 10.2 Å². The number of amides is 1.